The average molecular weight is 300 g/mol. The van der Waals surface area contributed by atoms with Gasteiger partial charge in [-0.2, -0.15) is 8.78 Å². The van der Waals surface area contributed by atoms with E-state index in [4.69, 9.17) is 4.74 Å². The number of benzene rings is 1. The smallest absolute Gasteiger partial charge is 0.387 e. The van der Waals surface area contributed by atoms with E-state index in [2.05, 4.69) is 15.4 Å². The Labute approximate surface area is 121 Å². The standard InChI is InChI=1S/C14H18F2N2O3/c15-14(16)21-12-4-2-1-3-11(12)17-9-13(19)18-10-5-7-20-8-6-10/h1-4,10,14,17H,5-9H2,(H,18,19). The third kappa shape index (κ3) is 5.18. The van der Waals surface area contributed by atoms with Crippen molar-refractivity contribution in [3.8, 4) is 5.75 Å². The average Bonchev–Trinajstić information content (AvgIpc) is 2.47. The molecule has 1 aromatic carbocycles. The summed E-state index contributed by atoms with van der Waals surface area (Å²) in [6, 6.07) is 6.38. The van der Waals surface area contributed by atoms with Crippen molar-refractivity contribution in [2.24, 2.45) is 0 Å². The highest BCUT2D eigenvalue weighted by atomic mass is 19.3. The van der Waals surface area contributed by atoms with Gasteiger partial charge in [0, 0.05) is 19.3 Å². The van der Waals surface area contributed by atoms with Gasteiger partial charge in [-0.05, 0) is 25.0 Å². The third-order valence-corrected chi connectivity index (χ3v) is 3.13. The topological polar surface area (TPSA) is 59.6 Å². The summed E-state index contributed by atoms with van der Waals surface area (Å²) in [4.78, 5) is 11.8. The summed E-state index contributed by atoms with van der Waals surface area (Å²) >= 11 is 0. The highest BCUT2D eigenvalue weighted by molar-refractivity contribution is 5.81. The summed E-state index contributed by atoms with van der Waals surface area (Å²) in [5, 5.41) is 5.69. The van der Waals surface area contributed by atoms with Crippen molar-refractivity contribution in [3.05, 3.63) is 24.3 Å². The van der Waals surface area contributed by atoms with Crippen LogP contribution in [0.3, 0.4) is 0 Å². The predicted molar refractivity (Wildman–Crippen MR) is 73.5 cm³/mol. The molecule has 1 aliphatic heterocycles. The first kappa shape index (κ1) is 15.5. The first-order chi connectivity index (χ1) is 10.1. The number of ether oxygens (including phenoxy) is 2. The van der Waals surface area contributed by atoms with Crippen molar-refractivity contribution in [2.45, 2.75) is 25.5 Å². The summed E-state index contributed by atoms with van der Waals surface area (Å²) in [5.41, 5.74) is 0.361. The van der Waals surface area contributed by atoms with E-state index in [0.717, 1.165) is 12.8 Å². The minimum absolute atomic E-state index is 0.000961. The molecule has 0 spiro atoms. The van der Waals surface area contributed by atoms with E-state index in [1.807, 2.05) is 0 Å². The van der Waals surface area contributed by atoms with E-state index in [-0.39, 0.29) is 24.2 Å². The highest BCUT2D eigenvalue weighted by Crippen LogP contribution is 2.25. The van der Waals surface area contributed by atoms with Gasteiger partial charge in [0.15, 0.2) is 0 Å². The first-order valence-electron chi connectivity index (χ1n) is 6.80. The molecule has 0 saturated carbocycles. The largest absolute Gasteiger partial charge is 0.433 e. The Kier molecular flexibility index (Phi) is 5.74. The quantitative estimate of drug-likeness (QED) is 0.843. The van der Waals surface area contributed by atoms with Crippen LogP contribution >= 0.6 is 0 Å². The number of halogens is 2. The van der Waals surface area contributed by atoms with Crippen LogP contribution in [0.25, 0.3) is 0 Å². The molecule has 1 saturated heterocycles. The molecule has 0 atom stereocenters. The van der Waals surface area contributed by atoms with Crippen LogP contribution in [-0.4, -0.2) is 38.3 Å². The van der Waals surface area contributed by atoms with Gasteiger partial charge in [0.25, 0.3) is 0 Å². The third-order valence-electron chi connectivity index (χ3n) is 3.13. The number of hydrogen-bond acceptors (Lipinski definition) is 4. The fourth-order valence-corrected chi connectivity index (χ4v) is 2.11. The molecule has 5 nitrogen and oxygen atoms in total. The molecule has 0 bridgehead atoms. The SMILES string of the molecule is O=C(CNc1ccccc1OC(F)F)NC1CCOCC1. The minimum atomic E-state index is -2.90. The van der Waals surface area contributed by atoms with E-state index in [1.165, 1.54) is 6.07 Å². The number of nitrogens with one attached hydrogen (secondary N) is 2. The maximum absolute atomic E-state index is 12.3. The zero-order valence-electron chi connectivity index (χ0n) is 11.5. The van der Waals surface area contributed by atoms with Crippen LogP contribution in [0.15, 0.2) is 24.3 Å². The van der Waals surface area contributed by atoms with Gasteiger partial charge in [0.2, 0.25) is 5.91 Å². The maximum Gasteiger partial charge on any atom is 0.387 e. The zero-order chi connectivity index (χ0) is 15.1. The molecule has 1 aliphatic rings. The van der Waals surface area contributed by atoms with Crippen LogP contribution in [0.5, 0.6) is 5.75 Å². The van der Waals surface area contributed by atoms with Gasteiger partial charge in [0.05, 0.1) is 12.2 Å². The minimum Gasteiger partial charge on any atom is -0.433 e. The van der Waals surface area contributed by atoms with E-state index < -0.39 is 6.61 Å². The Morgan fingerprint density at radius 2 is 2.05 bits per heavy atom. The molecule has 21 heavy (non-hydrogen) atoms. The summed E-state index contributed by atoms with van der Waals surface area (Å²) in [7, 11) is 0. The number of carbonyl (C=O) groups is 1. The number of carbonyl (C=O) groups excluding carboxylic acids is 1. The van der Waals surface area contributed by atoms with Crippen molar-refractivity contribution < 1.29 is 23.0 Å². The lowest BCUT2D eigenvalue weighted by Crippen LogP contribution is -2.41. The highest BCUT2D eigenvalue weighted by Gasteiger charge is 2.16. The summed E-state index contributed by atoms with van der Waals surface area (Å²) in [5.74, 6) is -0.167. The van der Waals surface area contributed by atoms with Crippen LogP contribution in [-0.2, 0) is 9.53 Å². The van der Waals surface area contributed by atoms with E-state index in [0.29, 0.717) is 18.9 Å². The lowest BCUT2D eigenvalue weighted by molar-refractivity contribution is -0.120. The lowest BCUT2D eigenvalue weighted by Gasteiger charge is -2.23. The second-order valence-electron chi connectivity index (χ2n) is 4.68. The number of alkyl halides is 2. The molecular formula is C14H18F2N2O3. The van der Waals surface area contributed by atoms with Crippen molar-refractivity contribution in [2.75, 3.05) is 25.1 Å². The number of para-hydroxylation sites is 2. The van der Waals surface area contributed by atoms with E-state index >= 15 is 0 Å². The Hall–Kier alpha value is -1.89. The Morgan fingerprint density at radius 1 is 1.33 bits per heavy atom. The van der Waals surface area contributed by atoms with Crippen LogP contribution in [0.4, 0.5) is 14.5 Å². The van der Waals surface area contributed by atoms with Gasteiger partial charge in [-0.1, -0.05) is 12.1 Å². The molecule has 1 amide bonds. The normalized spacial score (nSPS) is 15.8. The molecule has 7 heteroatoms. The van der Waals surface area contributed by atoms with Gasteiger partial charge < -0.3 is 20.1 Å². The fraction of sp³-hybridized carbons (Fsp3) is 0.500. The van der Waals surface area contributed by atoms with Crippen LogP contribution in [0.2, 0.25) is 0 Å². The monoisotopic (exact) mass is 300 g/mol. The van der Waals surface area contributed by atoms with Crippen molar-refractivity contribution in [3.63, 3.8) is 0 Å². The molecule has 0 radical (unpaired) electrons. The molecule has 0 aliphatic carbocycles. The second-order valence-corrected chi connectivity index (χ2v) is 4.68. The number of hydrogen-bond donors (Lipinski definition) is 2. The van der Waals surface area contributed by atoms with Crippen LogP contribution in [0.1, 0.15) is 12.8 Å². The Balaban J connectivity index is 1.83. The first-order valence-corrected chi connectivity index (χ1v) is 6.80. The Bertz CT molecular complexity index is 465. The zero-order valence-corrected chi connectivity index (χ0v) is 11.5. The van der Waals surface area contributed by atoms with Crippen LogP contribution in [0, 0.1) is 0 Å². The summed E-state index contributed by atoms with van der Waals surface area (Å²) < 4.78 is 34.1. The van der Waals surface area contributed by atoms with Crippen molar-refractivity contribution >= 4 is 11.6 Å². The van der Waals surface area contributed by atoms with Crippen molar-refractivity contribution in [1.29, 1.82) is 0 Å². The molecular weight excluding hydrogens is 282 g/mol. The lowest BCUT2D eigenvalue weighted by atomic mass is 10.1. The van der Waals surface area contributed by atoms with Gasteiger partial charge in [-0.3, -0.25) is 4.79 Å². The summed E-state index contributed by atoms with van der Waals surface area (Å²) in [6.07, 6.45) is 1.58. The van der Waals surface area contributed by atoms with E-state index in [9.17, 15) is 13.6 Å². The number of anilines is 1. The second kappa shape index (κ2) is 7.78. The predicted octanol–water partition coefficient (Wildman–Crippen LogP) is 2.00. The van der Waals surface area contributed by atoms with E-state index in [1.54, 1.807) is 18.2 Å². The molecule has 1 fully saturated rings. The molecule has 1 aromatic rings. The number of rotatable bonds is 6. The number of amides is 1. The molecule has 0 unspecified atom stereocenters. The van der Waals surface area contributed by atoms with Gasteiger partial charge >= 0.3 is 6.61 Å². The Morgan fingerprint density at radius 3 is 2.76 bits per heavy atom. The molecule has 116 valence electrons. The molecule has 0 aromatic heterocycles. The van der Waals surface area contributed by atoms with Gasteiger partial charge in [0.1, 0.15) is 5.75 Å². The fourth-order valence-electron chi connectivity index (χ4n) is 2.11. The van der Waals surface area contributed by atoms with Gasteiger partial charge in [-0.15, -0.1) is 0 Å². The van der Waals surface area contributed by atoms with Crippen molar-refractivity contribution in [1.82, 2.24) is 5.32 Å². The van der Waals surface area contributed by atoms with Gasteiger partial charge in [-0.25, -0.2) is 0 Å². The maximum atomic E-state index is 12.3. The van der Waals surface area contributed by atoms with Crippen LogP contribution < -0.4 is 15.4 Å². The summed E-state index contributed by atoms with van der Waals surface area (Å²) in [6.45, 7) is -1.61. The molecule has 2 rings (SSSR count). The molecule has 1 heterocycles. The molecule has 2 N–H and O–H groups in total.